The molecule has 0 spiro atoms. The molecule has 0 aromatic rings. The van der Waals surface area contributed by atoms with Gasteiger partial charge in [0.1, 0.15) is 0 Å². The van der Waals surface area contributed by atoms with Gasteiger partial charge in [-0.1, -0.05) is 0 Å². The largest absolute Gasteiger partial charge is 0.147 e. The fourth-order valence-electron chi connectivity index (χ4n) is 3.74. The summed E-state index contributed by atoms with van der Waals surface area (Å²) in [5.41, 5.74) is 6.22. The Morgan fingerprint density at radius 2 is 1.09 bits per heavy atom. The zero-order valence-corrected chi connectivity index (χ0v) is 18.3. The van der Waals surface area contributed by atoms with Crippen LogP contribution in [0.3, 0.4) is 0 Å². The van der Waals surface area contributed by atoms with Crippen LogP contribution in [-0.4, -0.2) is 3.81 Å². The predicted octanol–water partition coefficient (Wildman–Crippen LogP) is 6.40. The maximum atomic E-state index is 2.42. The van der Waals surface area contributed by atoms with Crippen molar-refractivity contribution in [2.75, 3.05) is 0 Å². The summed E-state index contributed by atoms with van der Waals surface area (Å²) in [4.78, 5) is 0. The first-order valence-corrected chi connectivity index (χ1v) is 10.1. The molecule has 2 unspecified atom stereocenters. The van der Waals surface area contributed by atoms with Gasteiger partial charge in [0.2, 0.25) is 0 Å². The van der Waals surface area contributed by atoms with Gasteiger partial charge in [-0.25, -0.2) is 0 Å². The molecule has 124 valence electrons. The van der Waals surface area contributed by atoms with Crippen LogP contribution in [0.2, 0.25) is 0 Å². The predicted molar refractivity (Wildman–Crippen MR) is 102 cm³/mol. The molecule has 2 aliphatic carbocycles. The molecule has 0 aromatic heterocycles. The maximum absolute atomic E-state index is 2.42. The van der Waals surface area contributed by atoms with Crippen LogP contribution in [0.1, 0.15) is 55.4 Å². The molecular formula is C19H30Cl2Ti. The Morgan fingerprint density at radius 1 is 0.773 bits per heavy atom. The third-order valence-electron chi connectivity index (χ3n) is 5.01. The van der Waals surface area contributed by atoms with Gasteiger partial charge >= 0.3 is 131 Å². The van der Waals surface area contributed by atoms with E-state index >= 15 is 0 Å². The van der Waals surface area contributed by atoms with Gasteiger partial charge in [-0.05, 0) is 0 Å². The number of rotatable bonds is 2. The van der Waals surface area contributed by atoms with Crippen molar-refractivity contribution in [2.24, 2.45) is 11.8 Å². The molecule has 0 saturated heterocycles. The smallest absolute Gasteiger partial charge is 0.147 e. The normalized spacial score (nSPS) is 23.8. The molecule has 3 heteroatoms. The Kier molecular flexibility index (Phi) is 8.34. The average Bonchev–Trinajstić information content (AvgIpc) is 2.72. The fraction of sp³-hybridized carbons (Fsp3) is 0.526. The van der Waals surface area contributed by atoms with E-state index in [9.17, 15) is 0 Å². The van der Waals surface area contributed by atoms with Gasteiger partial charge in [0, 0.05) is 0 Å². The van der Waals surface area contributed by atoms with E-state index in [4.69, 9.17) is 0 Å². The molecule has 0 aliphatic heterocycles. The van der Waals surface area contributed by atoms with Crippen LogP contribution in [-0.2, 0) is 17.4 Å². The number of hydrogen-bond donors (Lipinski definition) is 0. The van der Waals surface area contributed by atoms with Crippen LogP contribution >= 0.6 is 24.8 Å². The van der Waals surface area contributed by atoms with Crippen molar-refractivity contribution >= 4 is 28.6 Å². The molecular weight excluding hydrogens is 347 g/mol. The summed E-state index contributed by atoms with van der Waals surface area (Å²) in [5.74, 6) is 1.32. The SMILES string of the molecule is CC1=CC(C)=[C]([Ti]([C]2=C(C)C=C(C)C2C)=[C](C)C)C1C.Cl.Cl. The van der Waals surface area contributed by atoms with Gasteiger partial charge in [0.05, 0.1) is 0 Å². The van der Waals surface area contributed by atoms with E-state index in [1.54, 1.807) is 33.9 Å². The molecule has 2 aliphatic rings. The molecule has 0 fully saturated rings. The zero-order chi connectivity index (χ0) is 15.2. The molecule has 0 radical (unpaired) electrons. The van der Waals surface area contributed by atoms with E-state index in [-0.39, 0.29) is 24.8 Å². The Morgan fingerprint density at radius 3 is 1.27 bits per heavy atom. The van der Waals surface area contributed by atoms with Crippen molar-refractivity contribution in [3.05, 3.63) is 42.2 Å². The fourth-order valence-corrected chi connectivity index (χ4v) is 9.39. The maximum Gasteiger partial charge on any atom is -0.147 e. The minimum absolute atomic E-state index is 0. The van der Waals surface area contributed by atoms with Gasteiger partial charge in [-0.15, -0.1) is 24.8 Å². The second-order valence-electron chi connectivity index (χ2n) is 6.79. The Labute approximate surface area is 155 Å². The van der Waals surface area contributed by atoms with Gasteiger partial charge < -0.3 is 0 Å². The van der Waals surface area contributed by atoms with Crippen LogP contribution < -0.4 is 0 Å². The van der Waals surface area contributed by atoms with E-state index in [2.05, 4.69) is 67.5 Å². The minimum Gasteiger partial charge on any atom is -0.147 e. The molecule has 0 aromatic carbocycles. The van der Waals surface area contributed by atoms with Gasteiger partial charge in [-0.2, -0.15) is 0 Å². The number of allylic oxidation sites excluding steroid dienone is 8. The molecule has 2 atom stereocenters. The first-order valence-electron chi connectivity index (χ1n) is 7.71. The summed E-state index contributed by atoms with van der Waals surface area (Å²) in [6.45, 7) is 18.8. The van der Waals surface area contributed by atoms with Crippen molar-refractivity contribution < 1.29 is 17.4 Å². The molecule has 0 bridgehead atoms. The molecule has 2 rings (SSSR count). The number of hydrogen-bond acceptors (Lipinski definition) is 0. The minimum atomic E-state index is -1.48. The van der Waals surface area contributed by atoms with E-state index in [0.29, 0.717) is 11.8 Å². The van der Waals surface area contributed by atoms with E-state index in [1.165, 1.54) is 0 Å². The quantitative estimate of drug-likeness (QED) is 0.489. The van der Waals surface area contributed by atoms with Crippen molar-refractivity contribution in [1.29, 1.82) is 0 Å². The zero-order valence-electron chi connectivity index (χ0n) is 15.1. The third kappa shape index (κ3) is 3.78. The summed E-state index contributed by atoms with van der Waals surface area (Å²) >= 11 is -1.48. The topological polar surface area (TPSA) is 0 Å². The third-order valence-corrected chi connectivity index (χ3v) is 10.8. The van der Waals surface area contributed by atoms with Gasteiger partial charge in [0.15, 0.2) is 0 Å². The summed E-state index contributed by atoms with van der Waals surface area (Å²) in [5, 5.41) is 0. The van der Waals surface area contributed by atoms with Crippen LogP contribution in [0.5, 0.6) is 0 Å². The average molecular weight is 377 g/mol. The second-order valence-corrected chi connectivity index (χ2v) is 11.2. The number of halogens is 2. The molecule has 0 N–H and O–H groups in total. The van der Waals surface area contributed by atoms with E-state index in [0.717, 1.165) is 0 Å². The Balaban J connectivity index is 0.00000220. The molecule has 22 heavy (non-hydrogen) atoms. The van der Waals surface area contributed by atoms with Crippen LogP contribution in [0.4, 0.5) is 0 Å². The second kappa shape index (κ2) is 8.29. The molecule has 0 amide bonds. The van der Waals surface area contributed by atoms with Crippen LogP contribution in [0, 0.1) is 11.8 Å². The Bertz CT molecular complexity index is 563. The van der Waals surface area contributed by atoms with Crippen molar-refractivity contribution in [3.8, 4) is 0 Å². The summed E-state index contributed by atoms with van der Waals surface area (Å²) in [6, 6.07) is 0. The van der Waals surface area contributed by atoms with Crippen molar-refractivity contribution in [2.45, 2.75) is 55.4 Å². The van der Waals surface area contributed by atoms with Gasteiger partial charge in [-0.3, -0.25) is 0 Å². The van der Waals surface area contributed by atoms with E-state index in [1.807, 2.05) is 0 Å². The summed E-state index contributed by atoms with van der Waals surface area (Å²) in [7, 11) is 0. The van der Waals surface area contributed by atoms with Crippen LogP contribution in [0.15, 0.2) is 42.2 Å². The summed E-state index contributed by atoms with van der Waals surface area (Å²) in [6.07, 6.45) is 4.84. The molecule has 0 heterocycles. The monoisotopic (exact) mass is 376 g/mol. The van der Waals surface area contributed by atoms with Gasteiger partial charge in [0.25, 0.3) is 0 Å². The molecule has 0 nitrogen and oxygen atoms in total. The summed E-state index contributed by atoms with van der Waals surface area (Å²) < 4.78 is 5.29. The Hall–Kier alpha value is 0.124. The first-order chi connectivity index (χ1) is 9.25. The van der Waals surface area contributed by atoms with Crippen LogP contribution in [0.25, 0.3) is 0 Å². The van der Waals surface area contributed by atoms with Crippen molar-refractivity contribution in [3.63, 3.8) is 0 Å². The molecule has 0 saturated carbocycles. The first kappa shape index (κ1) is 22.1. The standard InChI is InChI=1S/2C8H11.C3H6.2ClH.Ti/c2*1-6-4-7(2)8(3)5-6;1-3-2;;;/h2*4,8H,1-3H3;1-2H3;2*1H;. The van der Waals surface area contributed by atoms with E-state index < -0.39 is 17.4 Å². The van der Waals surface area contributed by atoms with Crippen molar-refractivity contribution in [1.82, 2.24) is 0 Å².